The summed E-state index contributed by atoms with van der Waals surface area (Å²) in [7, 11) is 0. The monoisotopic (exact) mass is 649 g/mol. The van der Waals surface area contributed by atoms with E-state index in [0.29, 0.717) is 0 Å². The molecule has 1 heterocycles. The van der Waals surface area contributed by atoms with E-state index in [2.05, 4.69) is 106 Å². The number of aromatic nitrogens is 1. The Kier molecular flexibility index (Phi) is 9.15. The number of hydrogen-bond donors (Lipinski definition) is 0. The van der Waals surface area contributed by atoms with Crippen LogP contribution in [0, 0.1) is 6.92 Å². The molecule has 4 aromatic carbocycles. The lowest BCUT2D eigenvalue weighted by Crippen LogP contribution is -1.95. The molecule has 0 aliphatic heterocycles. The summed E-state index contributed by atoms with van der Waals surface area (Å²) in [6, 6.07) is 35.2. The van der Waals surface area contributed by atoms with Crippen LogP contribution in [0.25, 0.3) is 22.3 Å². The average Bonchev–Trinajstić information content (AvgIpc) is 2.97. The minimum Gasteiger partial charge on any atom is -0.254 e. The van der Waals surface area contributed by atoms with Gasteiger partial charge in [-0.15, -0.1) is 0 Å². The summed E-state index contributed by atoms with van der Waals surface area (Å²) in [5.41, 5.74) is 10.2. The molecule has 0 radical (unpaired) electrons. The Hall–Kier alpha value is -3.67. The third-order valence-electron chi connectivity index (χ3n) is 6.55. The molecular formula is C35H29Br2N3. The summed E-state index contributed by atoms with van der Waals surface area (Å²) in [4.78, 5) is 14.7. The van der Waals surface area contributed by atoms with E-state index in [0.717, 1.165) is 72.4 Å². The van der Waals surface area contributed by atoms with Crippen LogP contribution in [0.5, 0.6) is 0 Å². The van der Waals surface area contributed by atoms with Gasteiger partial charge in [-0.3, -0.25) is 9.98 Å². The molecule has 5 heteroatoms. The van der Waals surface area contributed by atoms with Crippen molar-refractivity contribution in [2.45, 2.75) is 26.7 Å². The molecule has 3 nitrogen and oxygen atoms in total. The van der Waals surface area contributed by atoms with Gasteiger partial charge in [0.1, 0.15) is 0 Å². The van der Waals surface area contributed by atoms with Gasteiger partial charge >= 0.3 is 0 Å². The molecular weight excluding hydrogens is 622 g/mol. The van der Waals surface area contributed by atoms with Crippen molar-refractivity contribution in [3.05, 3.63) is 135 Å². The first-order valence-corrected chi connectivity index (χ1v) is 14.9. The fourth-order valence-corrected chi connectivity index (χ4v) is 5.80. The zero-order chi connectivity index (χ0) is 27.9. The summed E-state index contributed by atoms with van der Waals surface area (Å²) in [5, 5.41) is 0. The minimum atomic E-state index is 0.776. The van der Waals surface area contributed by atoms with E-state index in [4.69, 9.17) is 15.0 Å². The molecule has 0 aliphatic carbocycles. The van der Waals surface area contributed by atoms with E-state index >= 15 is 0 Å². The quantitative estimate of drug-likeness (QED) is 0.154. The molecule has 0 amide bonds. The first-order chi connectivity index (χ1) is 19.5. The predicted octanol–water partition coefficient (Wildman–Crippen LogP) is 10.7. The molecule has 0 saturated carbocycles. The SMILES string of the molecule is CCCc1cc(Br)cc(-c2ccccc2)c1N=Cc1cccc(C=Nc2c(C)cc(Br)cc2-c2ccccc2)n1. The third kappa shape index (κ3) is 6.72. The molecule has 40 heavy (non-hydrogen) atoms. The summed E-state index contributed by atoms with van der Waals surface area (Å²) in [6.07, 6.45) is 5.67. The van der Waals surface area contributed by atoms with Crippen LogP contribution in [-0.4, -0.2) is 17.4 Å². The van der Waals surface area contributed by atoms with Gasteiger partial charge in [-0.05, 0) is 72.0 Å². The summed E-state index contributed by atoms with van der Waals surface area (Å²) >= 11 is 7.35. The fourth-order valence-electron chi connectivity index (χ4n) is 4.72. The molecule has 5 rings (SSSR count). The highest BCUT2D eigenvalue weighted by atomic mass is 79.9. The van der Waals surface area contributed by atoms with Gasteiger partial charge in [-0.25, -0.2) is 4.98 Å². The number of hydrogen-bond acceptors (Lipinski definition) is 3. The lowest BCUT2D eigenvalue weighted by Gasteiger charge is -2.12. The van der Waals surface area contributed by atoms with E-state index in [9.17, 15) is 0 Å². The maximum Gasteiger partial charge on any atom is 0.0820 e. The van der Waals surface area contributed by atoms with Crippen molar-refractivity contribution < 1.29 is 0 Å². The van der Waals surface area contributed by atoms with Crippen LogP contribution in [0.3, 0.4) is 0 Å². The van der Waals surface area contributed by atoms with Gasteiger partial charge < -0.3 is 0 Å². The first kappa shape index (κ1) is 27.9. The summed E-state index contributed by atoms with van der Waals surface area (Å²) in [5.74, 6) is 0. The van der Waals surface area contributed by atoms with Crippen LogP contribution in [0.1, 0.15) is 35.9 Å². The minimum absolute atomic E-state index is 0.776. The van der Waals surface area contributed by atoms with Gasteiger partial charge in [0, 0.05) is 20.1 Å². The van der Waals surface area contributed by atoms with Gasteiger partial charge in [0.15, 0.2) is 0 Å². The largest absolute Gasteiger partial charge is 0.254 e. The highest BCUT2D eigenvalue weighted by molar-refractivity contribution is 9.10. The second-order valence-corrected chi connectivity index (χ2v) is 11.4. The molecule has 198 valence electrons. The van der Waals surface area contributed by atoms with E-state index in [1.807, 2.05) is 54.9 Å². The van der Waals surface area contributed by atoms with Gasteiger partial charge in [0.05, 0.1) is 35.2 Å². The van der Waals surface area contributed by atoms with E-state index in [-0.39, 0.29) is 0 Å². The second kappa shape index (κ2) is 13.1. The molecule has 0 saturated heterocycles. The maximum absolute atomic E-state index is 4.99. The third-order valence-corrected chi connectivity index (χ3v) is 7.47. The van der Waals surface area contributed by atoms with Gasteiger partial charge in [0.2, 0.25) is 0 Å². The van der Waals surface area contributed by atoms with Crippen LogP contribution < -0.4 is 0 Å². The first-order valence-electron chi connectivity index (χ1n) is 13.3. The summed E-state index contributed by atoms with van der Waals surface area (Å²) in [6.45, 7) is 4.27. The maximum atomic E-state index is 4.99. The van der Waals surface area contributed by atoms with Crippen molar-refractivity contribution in [1.82, 2.24) is 4.98 Å². The Morgan fingerprint density at radius 2 is 1.18 bits per heavy atom. The normalized spacial score (nSPS) is 11.5. The zero-order valence-electron chi connectivity index (χ0n) is 22.5. The fraction of sp³-hybridized carbons (Fsp3) is 0.114. The lowest BCUT2D eigenvalue weighted by molar-refractivity contribution is 0.921. The standard InChI is InChI=1S/C35H29Br2N3/c1-3-11-27-19-29(37)21-33(26-14-8-5-9-15-26)35(27)39-23-31-17-10-16-30(40-31)22-38-34-24(2)18-28(36)20-32(34)25-12-6-4-7-13-25/h4-10,12-23H,3,11H2,1-2H3. The van der Waals surface area contributed by atoms with Crippen molar-refractivity contribution >= 4 is 55.7 Å². The molecule has 0 bridgehead atoms. The van der Waals surface area contributed by atoms with Gasteiger partial charge in [0.25, 0.3) is 0 Å². The van der Waals surface area contributed by atoms with E-state index in [1.54, 1.807) is 0 Å². The van der Waals surface area contributed by atoms with Crippen molar-refractivity contribution in [3.63, 3.8) is 0 Å². The number of halogens is 2. The van der Waals surface area contributed by atoms with Crippen molar-refractivity contribution in [2.24, 2.45) is 9.98 Å². The second-order valence-electron chi connectivity index (χ2n) is 9.57. The topological polar surface area (TPSA) is 37.6 Å². The Labute approximate surface area is 253 Å². The van der Waals surface area contributed by atoms with Crippen LogP contribution in [0.15, 0.2) is 122 Å². The molecule has 0 spiro atoms. The molecule has 0 fully saturated rings. The van der Waals surface area contributed by atoms with Gasteiger partial charge in [-0.1, -0.05) is 112 Å². The average molecular weight is 651 g/mol. The molecule has 0 atom stereocenters. The van der Waals surface area contributed by atoms with Crippen LogP contribution in [0.2, 0.25) is 0 Å². The smallest absolute Gasteiger partial charge is 0.0820 e. The highest BCUT2D eigenvalue weighted by Crippen LogP contribution is 2.38. The number of nitrogens with zero attached hydrogens (tertiary/aromatic N) is 3. The lowest BCUT2D eigenvalue weighted by atomic mass is 9.98. The van der Waals surface area contributed by atoms with Crippen molar-refractivity contribution in [3.8, 4) is 22.3 Å². The van der Waals surface area contributed by atoms with Crippen LogP contribution in [-0.2, 0) is 6.42 Å². The van der Waals surface area contributed by atoms with E-state index < -0.39 is 0 Å². The molecule has 0 aliphatic rings. The Morgan fingerprint density at radius 3 is 1.75 bits per heavy atom. The number of pyridine rings is 1. The predicted molar refractivity (Wildman–Crippen MR) is 177 cm³/mol. The molecule has 1 aromatic heterocycles. The zero-order valence-corrected chi connectivity index (χ0v) is 25.7. The Bertz CT molecular complexity index is 1680. The number of aliphatic imine (C=N–C) groups is 2. The molecule has 5 aromatic rings. The molecule has 0 unspecified atom stereocenters. The number of benzene rings is 4. The number of rotatable bonds is 8. The van der Waals surface area contributed by atoms with Crippen LogP contribution >= 0.6 is 31.9 Å². The van der Waals surface area contributed by atoms with Crippen molar-refractivity contribution in [2.75, 3.05) is 0 Å². The number of aryl methyl sites for hydroxylation is 2. The Morgan fingerprint density at radius 1 is 0.650 bits per heavy atom. The van der Waals surface area contributed by atoms with Crippen molar-refractivity contribution in [1.29, 1.82) is 0 Å². The Balaban J connectivity index is 1.49. The highest BCUT2D eigenvalue weighted by Gasteiger charge is 2.12. The molecule has 0 N–H and O–H groups in total. The van der Waals surface area contributed by atoms with Gasteiger partial charge in [-0.2, -0.15) is 0 Å². The van der Waals surface area contributed by atoms with E-state index in [1.165, 1.54) is 5.56 Å². The van der Waals surface area contributed by atoms with Crippen LogP contribution in [0.4, 0.5) is 11.4 Å². The summed E-state index contributed by atoms with van der Waals surface area (Å²) < 4.78 is 2.09.